The highest BCUT2D eigenvalue weighted by molar-refractivity contribution is 5.77. The van der Waals surface area contributed by atoms with E-state index in [0.717, 1.165) is 12.1 Å². The fourth-order valence-electron chi connectivity index (χ4n) is 1.93. The molecule has 1 unspecified atom stereocenters. The molecule has 0 bridgehead atoms. The number of amides is 1. The SMILES string of the molecule is COC(=O)C(C)CN(C)C(=O)CCc1ccc(F)c(F)c1. The first-order chi connectivity index (χ1) is 9.85. The number of hydrogen-bond acceptors (Lipinski definition) is 3. The topological polar surface area (TPSA) is 46.6 Å². The van der Waals surface area contributed by atoms with Crippen LogP contribution in [0.3, 0.4) is 0 Å². The third-order valence-electron chi connectivity index (χ3n) is 3.19. The van der Waals surface area contributed by atoms with Crippen LogP contribution in [0.15, 0.2) is 18.2 Å². The fraction of sp³-hybridized carbons (Fsp3) is 0.467. The molecule has 1 aromatic rings. The largest absolute Gasteiger partial charge is 0.469 e. The molecule has 0 radical (unpaired) electrons. The van der Waals surface area contributed by atoms with Crippen molar-refractivity contribution in [3.8, 4) is 0 Å². The van der Waals surface area contributed by atoms with E-state index < -0.39 is 17.6 Å². The van der Waals surface area contributed by atoms with Gasteiger partial charge in [-0.25, -0.2) is 8.78 Å². The first-order valence-electron chi connectivity index (χ1n) is 6.61. The van der Waals surface area contributed by atoms with Crippen molar-refractivity contribution in [3.05, 3.63) is 35.4 Å². The number of hydrogen-bond donors (Lipinski definition) is 0. The molecule has 0 aliphatic carbocycles. The molecule has 0 aliphatic rings. The van der Waals surface area contributed by atoms with E-state index >= 15 is 0 Å². The molecule has 0 fully saturated rings. The Hall–Kier alpha value is -1.98. The number of carbonyl (C=O) groups excluding carboxylic acids is 2. The highest BCUT2D eigenvalue weighted by Crippen LogP contribution is 2.11. The lowest BCUT2D eigenvalue weighted by Crippen LogP contribution is -2.34. The second-order valence-corrected chi connectivity index (χ2v) is 4.95. The van der Waals surface area contributed by atoms with Gasteiger partial charge in [0, 0.05) is 20.0 Å². The summed E-state index contributed by atoms with van der Waals surface area (Å²) in [6.45, 7) is 1.92. The predicted molar refractivity (Wildman–Crippen MR) is 73.5 cm³/mol. The smallest absolute Gasteiger partial charge is 0.310 e. The number of aryl methyl sites for hydroxylation is 1. The van der Waals surface area contributed by atoms with Crippen LogP contribution in [0.25, 0.3) is 0 Å². The van der Waals surface area contributed by atoms with Crippen LogP contribution < -0.4 is 0 Å². The maximum absolute atomic E-state index is 13.0. The molecule has 1 atom stereocenters. The minimum absolute atomic E-state index is 0.162. The molecule has 0 N–H and O–H groups in total. The number of benzene rings is 1. The Morgan fingerprint density at radius 2 is 1.95 bits per heavy atom. The molecule has 6 heteroatoms. The van der Waals surface area contributed by atoms with Gasteiger partial charge in [-0.3, -0.25) is 9.59 Å². The molecule has 1 rings (SSSR count). The minimum atomic E-state index is -0.924. The summed E-state index contributed by atoms with van der Waals surface area (Å²) in [5.74, 6) is -2.79. The molecule has 0 saturated carbocycles. The maximum atomic E-state index is 13.0. The van der Waals surface area contributed by atoms with Crippen molar-refractivity contribution in [3.63, 3.8) is 0 Å². The second-order valence-electron chi connectivity index (χ2n) is 4.95. The molecule has 0 heterocycles. The summed E-state index contributed by atoms with van der Waals surface area (Å²) >= 11 is 0. The molecular formula is C15H19F2NO3. The number of methoxy groups -OCH3 is 1. The van der Waals surface area contributed by atoms with Gasteiger partial charge in [0.2, 0.25) is 5.91 Å². The summed E-state index contributed by atoms with van der Waals surface area (Å²) < 4.78 is 30.4. The number of nitrogens with zero attached hydrogens (tertiary/aromatic N) is 1. The average Bonchev–Trinajstić information content (AvgIpc) is 2.46. The Balaban J connectivity index is 2.49. The van der Waals surface area contributed by atoms with Crippen molar-refractivity contribution in [2.45, 2.75) is 19.8 Å². The second kappa shape index (κ2) is 7.71. The Morgan fingerprint density at radius 1 is 1.29 bits per heavy atom. The van der Waals surface area contributed by atoms with E-state index in [9.17, 15) is 18.4 Å². The van der Waals surface area contributed by atoms with Gasteiger partial charge >= 0.3 is 5.97 Å². The van der Waals surface area contributed by atoms with Crippen molar-refractivity contribution < 1.29 is 23.1 Å². The average molecular weight is 299 g/mol. The van der Waals surface area contributed by atoms with Crippen molar-refractivity contribution in [1.29, 1.82) is 0 Å². The Morgan fingerprint density at radius 3 is 2.52 bits per heavy atom. The number of carbonyl (C=O) groups is 2. The third kappa shape index (κ3) is 5.13. The normalized spacial score (nSPS) is 11.9. The molecule has 0 spiro atoms. The number of rotatable bonds is 6. The molecule has 4 nitrogen and oxygen atoms in total. The van der Waals surface area contributed by atoms with Crippen LogP contribution in [0.4, 0.5) is 8.78 Å². The summed E-state index contributed by atoms with van der Waals surface area (Å²) in [7, 11) is 2.89. The van der Waals surface area contributed by atoms with Crippen molar-refractivity contribution in [2.75, 3.05) is 20.7 Å². The molecular weight excluding hydrogens is 280 g/mol. The molecule has 1 aromatic carbocycles. The Bertz CT molecular complexity index is 520. The zero-order valence-corrected chi connectivity index (χ0v) is 12.4. The quantitative estimate of drug-likeness (QED) is 0.756. The van der Waals surface area contributed by atoms with E-state index in [2.05, 4.69) is 4.74 Å². The first kappa shape index (κ1) is 17.1. The number of ether oxygens (including phenoxy) is 1. The standard InChI is InChI=1S/C15H19F2NO3/c1-10(15(20)21-3)9-18(2)14(19)7-5-11-4-6-12(16)13(17)8-11/h4,6,8,10H,5,7,9H2,1-3H3. The number of halogens is 2. The van der Waals surface area contributed by atoms with E-state index in [1.807, 2.05) is 0 Å². The van der Waals surface area contributed by atoms with Gasteiger partial charge < -0.3 is 9.64 Å². The van der Waals surface area contributed by atoms with Gasteiger partial charge in [-0.15, -0.1) is 0 Å². The Kier molecular flexibility index (Phi) is 6.27. The van der Waals surface area contributed by atoms with E-state index in [-0.39, 0.29) is 24.8 Å². The van der Waals surface area contributed by atoms with Crippen molar-refractivity contribution in [2.24, 2.45) is 5.92 Å². The van der Waals surface area contributed by atoms with Gasteiger partial charge in [0.25, 0.3) is 0 Å². The van der Waals surface area contributed by atoms with Gasteiger partial charge in [-0.1, -0.05) is 13.0 Å². The monoisotopic (exact) mass is 299 g/mol. The van der Waals surface area contributed by atoms with Crippen LogP contribution in [0.5, 0.6) is 0 Å². The van der Waals surface area contributed by atoms with E-state index in [1.54, 1.807) is 14.0 Å². The Labute approximate surface area is 122 Å². The highest BCUT2D eigenvalue weighted by atomic mass is 19.2. The highest BCUT2D eigenvalue weighted by Gasteiger charge is 2.18. The van der Waals surface area contributed by atoms with Gasteiger partial charge in [-0.05, 0) is 24.1 Å². The lowest BCUT2D eigenvalue weighted by Gasteiger charge is -2.20. The van der Waals surface area contributed by atoms with E-state index in [4.69, 9.17) is 0 Å². The van der Waals surface area contributed by atoms with Crippen molar-refractivity contribution >= 4 is 11.9 Å². The molecule has 116 valence electrons. The molecule has 0 aromatic heterocycles. The molecule has 0 saturated heterocycles. The first-order valence-corrected chi connectivity index (χ1v) is 6.61. The zero-order chi connectivity index (χ0) is 16.0. The molecule has 1 amide bonds. The van der Waals surface area contributed by atoms with Gasteiger partial charge in [0.05, 0.1) is 13.0 Å². The summed E-state index contributed by atoms with van der Waals surface area (Å²) in [6, 6.07) is 3.57. The zero-order valence-electron chi connectivity index (χ0n) is 12.4. The van der Waals surface area contributed by atoms with Gasteiger partial charge in [-0.2, -0.15) is 0 Å². The lowest BCUT2D eigenvalue weighted by molar-refractivity contribution is -0.146. The van der Waals surface area contributed by atoms with Crippen LogP contribution in [0, 0.1) is 17.6 Å². The fourth-order valence-corrected chi connectivity index (χ4v) is 1.93. The summed E-state index contributed by atoms with van der Waals surface area (Å²) in [5.41, 5.74) is 0.552. The summed E-state index contributed by atoms with van der Waals surface area (Å²) in [4.78, 5) is 24.6. The van der Waals surface area contributed by atoms with Crippen LogP contribution in [-0.2, 0) is 20.7 Å². The molecule has 21 heavy (non-hydrogen) atoms. The summed E-state index contributed by atoms with van der Waals surface area (Å²) in [6.07, 6.45) is 0.475. The van der Waals surface area contributed by atoms with Crippen LogP contribution in [0.2, 0.25) is 0 Å². The predicted octanol–water partition coefficient (Wildman–Crippen LogP) is 2.16. The van der Waals surface area contributed by atoms with E-state index in [1.165, 1.54) is 18.1 Å². The molecule has 0 aliphatic heterocycles. The summed E-state index contributed by atoms with van der Waals surface area (Å²) in [5, 5.41) is 0. The number of esters is 1. The van der Waals surface area contributed by atoms with Crippen molar-refractivity contribution in [1.82, 2.24) is 4.90 Å². The van der Waals surface area contributed by atoms with Gasteiger partial charge in [0.15, 0.2) is 11.6 Å². The van der Waals surface area contributed by atoms with Gasteiger partial charge in [0.1, 0.15) is 0 Å². The third-order valence-corrected chi connectivity index (χ3v) is 3.19. The lowest BCUT2D eigenvalue weighted by atomic mass is 10.1. The van der Waals surface area contributed by atoms with Crippen LogP contribution in [0.1, 0.15) is 18.9 Å². The minimum Gasteiger partial charge on any atom is -0.469 e. The van der Waals surface area contributed by atoms with E-state index in [0.29, 0.717) is 12.0 Å². The van der Waals surface area contributed by atoms with Crippen LogP contribution >= 0.6 is 0 Å². The van der Waals surface area contributed by atoms with Crippen LogP contribution in [-0.4, -0.2) is 37.5 Å². The maximum Gasteiger partial charge on any atom is 0.310 e.